The van der Waals surface area contributed by atoms with Crippen molar-refractivity contribution >= 4 is 17.0 Å². The zero-order valence-corrected chi connectivity index (χ0v) is 11.6. The fourth-order valence-electron chi connectivity index (χ4n) is 2.30. The third-order valence-electron chi connectivity index (χ3n) is 3.41. The van der Waals surface area contributed by atoms with Crippen LogP contribution in [0.1, 0.15) is 11.4 Å². The van der Waals surface area contributed by atoms with Gasteiger partial charge in [0, 0.05) is 13.1 Å². The molecule has 1 aromatic heterocycles. The van der Waals surface area contributed by atoms with Crippen LogP contribution in [0, 0.1) is 6.92 Å². The fraction of sp³-hybridized carbons (Fsp3) is 0.429. The molecule has 0 unspecified atom stereocenters. The highest BCUT2D eigenvalue weighted by Crippen LogP contribution is 2.13. The van der Waals surface area contributed by atoms with Crippen LogP contribution in [0.25, 0.3) is 11.0 Å². The molecule has 1 saturated heterocycles. The van der Waals surface area contributed by atoms with Crippen LogP contribution in [-0.4, -0.2) is 47.1 Å². The molecule has 1 aromatic carbocycles. The molecule has 20 heavy (non-hydrogen) atoms. The van der Waals surface area contributed by atoms with Gasteiger partial charge in [-0.1, -0.05) is 6.07 Å². The molecule has 0 spiro atoms. The van der Waals surface area contributed by atoms with Crippen LogP contribution in [0.2, 0.25) is 0 Å². The second kappa shape index (κ2) is 5.50. The number of aromatic amines is 1. The zero-order chi connectivity index (χ0) is 13.9. The highest BCUT2D eigenvalue weighted by molar-refractivity contribution is 5.78. The van der Waals surface area contributed by atoms with E-state index in [0.29, 0.717) is 25.7 Å². The van der Waals surface area contributed by atoms with Crippen molar-refractivity contribution in [1.82, 2.24) is 14.9 Å². The van der Waals surface area contributed by atoms with Gasteiger partial charge in [0.25, 0.3) is 0 Å². The topological polar surface area (TPSA) is 79.5 Å². The van der Waals surface area contributed by atoms with Crippen LogP contribution in [0.5, 0.6) is 0 Å². The SMILES string of the molecule is Cc1ccc2nc(CN=C(N)N3CCOCC3)[nH]c2c1. The number of H-pyrrole nitrogens is 1. The molecule has 1 fully saturated rings. The number of fused-ring (bicyclic) bond motifs is 1. The number of aryl methyl sites for hydroxylation is 1. The Hall–Kier alpha value is -2.08. The molecule has 2 aromatic rings. The van der Waals surface area contributed by atoms with Crippen molar-refractivity contribution in [3.8, 4) is 0 Å². The smallest absolute Gasteiger partial charge is 0.191 e. The van der Waals surface area contributed by atoms with Crippen LogP contribution in [0.4, 0.5) is 0 Å². The molecule has 0 bridgehead atoms. The number of aliphatic imine (C=N–C) groups is 1. The van der Waals surface area contributed by atoms with Gasteiger partial charge in [-0.15, -0.1) is 0 Å². The van der Waals surface area contributed by atoms with Gasteiger partial charge >= 0.3 is 0 Å². The molecule has 0 aliphatic carbocycles. The minimum absolute atomic E-state index is 0.469. The Morgan fingerprint density at radius 3 is 3.05 bits per heavy atom. The van der Waals surface area contributed by atoms with Crippen LogP contribution in [0.15, 0.2) is 23.2 Å². The number of nitrogens with one attached hydrogen (secondary N) is 1. The summed E-state index contributed by atoms with van der Waals surface area (Å²) in [4.78, 5) is 14.2. The Kier molecular flexibility index (Phi) is 3.56. The summed E-state index contributed by atoms with van der Waals surface area (Å²) in [6.45, 7) is 5.55. The van der Waals surface area contributed by atoms with E-state index in [4.69, 9.17) is 10.5 Å². The summed E-state index contributed by atoms with van der Waals surface area (Å²) in [6.07, 6.45) is 0. The van der Waals surface area contributed by atoms with E-state index in [1.165, 1.54) is 5.56 Å². The predicted octanol–water partition coefficient (Wildman–Crippen LogP) is 1.02. The second-order valence-corrected chi connectivity index (χ2v) is 4.98. The maximum absolute atomic E-state index is 5.99. The first-order valence-electron chi connectivity index (χ1n) is 6.80. The van der Waals surface area contributed by atoms with E-state index in [1.54, 1.807) is 0 Å². The highest BCUT2D eigenvalue weighted by Gasteiger charge is 2.12. The average Bonchev–Trinajstić information content (AvgIpc) is 2.87. The quantitative estimate of drug-likeness (QED) is 0.632. The summed E-state index contributed by atoms with van der Waals surface area (Å²) in [7, 11) is 0. The summed E-state index contributed by atoms with van der Waals surface area (Å²) in [5, 5.41) is 0. The lowest BCUT2D eigenvalue weighted by molar-refractivity contribution is 0.0674. The minimum Gasteiger partial charge on any atom is -0.378 e. The van der Waals surface area contributed by atoms with E-state index in [1.807, 2.05) is 11.0 Å². The standard InChI is InChI=1S/C14H19N5O/c1-10-2-3-11-12(8-10)18-13(17-11)9-16-14(15)19-4-6-20-7-5-19/h2-3,8H,4-7,9H2,1H3,(H2,15,16)(H,17,18). The van der Waals surface area contributed by atoms with E-state index in [0.717, 1.165) is 29.9 Å². The Morgan fingerprint density at radius 1 is 1.45 bits per heavy atom. The number of aromatic nitrogens is 2. The van der Waals surface area contributed by atoms with Gasteiger partial charge in [0.05, 0.1) is 24.2 Å². The summed E-state index contributed by atoms with van der Waals surface area (Å²) in [5.41, 5.74) is 9.21. The van der Waals surface area contributed by atoms with E-state index >= 15 is 0 Å². The van der Waals surface area contributed by atoms with Crippen LogP contribution in [0.3, 0.4) is 0 Å². The van der Waals surface area contributed by atoms with Crippen molar-refractivity contribution in [3.05, 3.63) is 29.6 Å². The van der Waals surface area contributed by atoms with Crippen LogP contribution in [-0.2, 0) is 11.3 Å². The van der Waals surface area contributed by atoms with E-state index < -0.39 is 0 Å². The molecule has 3 rings (SSSR count). The molecule has 1 aliphatic rings. The third-order valence-corrected chi connectivity index (χ3v) is 3.41. The predicted molar refractivity (Wildman–Crippen MR) is 78.5 cm³/mol. The van der Waals surface area contributed by atoms with Gasteiger partial charge in [-0.05, 0) is 24.6 Å². The molecule has 6 heteroatoms. The number of benzene rings is 1. The summed E-state index contributed by atoms with van der Waals surface area (Å²) < 4.78 is 5.29. The number of morpholine rings is 1. The summed E-state index contributed by atoms with van der Waals surface area (Å²) in [5.74, 6) is 1.40. The van der Waals surface area contributed by atoms with Crippen molar-refractivity contribution in [3.63, 3.8) is 0 Å². The number of nitrogens with zero attached hydrogens (tertiary/aromatic N) is 3. The molecular formula is C14H19N5O. The number of hydrogen-bond acceptors (Lipinski definition) is 3. The molecular weight excluding hydrogens is 254 g/mol. The van der Waals surface area contributed by atoms with Crippen molar-refractivity contribution in [2.24, 2.45) is 10.7 Å². The number of hydrogen-bond donors (Lipinski definition) is 2. The number of imidazole rings is 1. The largest absolute Gasteiger partial charge is 0.378 e. The molecule has 6 nitrogen and oxygen atoms in total. The average molecular weight is 273 g/mol. The third kappa shape index (κ3) is 2.75. The molecule has 0 saturated carbocycles. The van der Waals surface area contributed by atoms with E-state index in [9.17, 15) is 0 Å². The summed E-state index contributed by atoms with van der Waals surface area (Å²) in [6, 6.07) is 6.15. The first-order valence-corrected chi connectivity index (χ1v) is 6.80. The number of ether oxygens (including phenoxy) is 1. The van der Waals surface area contributed by atoms with Crippen molar-refractivity contribution in [2.45, 2.75) is 13.5 Å². The van der Waals surface area contributed by atoms with Crippen LogP contribution < -0.4 is 5.73 Å². The van der Waals surface area contributed by atoms with Crippen molar-refractivity contribution < 1.29 is 4.74 Å². The van der Waals surface area contributed by atoms with Gasteiger partial charge < -0.3 is 20.4 Å². The lowest BCUT2D eigenvalue weighted by atomic mass is 10.2. The normalized spacial score (nSPS) is 16.9. The van der Waals surface area contributed by atoms with Gasteiger partial charge in [-0.3, -0.25) is 0 Å². The Labute approximate surface area is 117 Å². The molecule has 1 aliphatic heterocycles. The monoisotopic (exact) mass is 273 g/mol. The van der Waals surface area contributed by atoms with Crippen molar-refractivity contribution in [2.75, 3.05) is 26.3 Å². The van der Waals surface area contributed by atoms with Gasteiger partial charge in [0.15, 0.2) is 5.96 Å². The highest BCUT2D eigenvalue weighted by atomic mass is 16.5. The van der Waals surface area contributed by atoms with E-state index in [2.05, 4.69) is 34.0 Å². The number of guanidine groups is 1. The van der Waals surface area contributed by atoms with Crippen LogP contribution >= 0.6 is 0 Å². The zero-order valence-electron chi connectivity index (χ0n) is 11.6. The lowest BCUT2D eigenvalue weighted by Crippen LogP contribution is -2.44. The molecule has 3 N–H and O–H groups in total. The molecule has 0 atom stereocenters. The molecule has 0 amide bonds. The first kappa shape index (κ1) is 12.9. The molecule has 106 valence electrons. The maximum atomic E-state index is 5.99. The van der Waals surface area contributed by atoms with Crippen molar-refractivity contribution in [1.29, 1.82) is 0 Å². The maximum Gasteiger partial charge on any atom is 0.191 e. The Bertz CT molecular complexity index is 628. The van der Waals surface area contributed by atoms with E-state index in [-0.39, 0.29) is 0 Å². The Morgan fingerprint density at radius 2 is 2.25 bits per heavy atom. The first-order chi connectivity index (χ1) is 9.72. The molecule has 2 heterocycles. The van der Waals surface area contributed by atoms with Gasteiger partial charge in [0.2, 0.25) is 0 Å². The minimum atomic E-state index is 0.469. The number of nitrogens with two attached hydrogens (primary N) is 1. The van der Waals surface area contributed by atoms with Gasteiger partial charge in [-0.25, -0.2) is 9.98 Å². The molecule has 0 radical (unpaired) electrons. The number of rotatable bonds is 2. The Balaban J connectivity index is 1.72. The second-order valence-electron chi connectivity index (χ2n) is 4.98. The fourth-order valence-corrected chi connectivity index (χ4v) is 2.30. The van der Waals surface area contributed by atoms with Gasteiger partial charge in [-0.2, -0.15) is 0 Å². The summed E-state index contributed by atoms with van der Waals surface area (Å²) >= 11 is 0. The van der Waals surface area contributed by atoms with Gasteiger partial charge in [0.1, 0.15) is 12.4 Å². The lowest BCUT2D eigenvalue weighted by Gasteiger charge is -2.27.